The third-order valence-electron chi connectivity index (χ3n) is 5.40. The first-order valence-corrected chi connectivity index (χ1v) is 11.4. The quantitative estimate of drug-likeness (QED) is 0.456. The number of H-pyrrole nitrogens is 1. The zero-order chi connectivity index (χ0) is 22.5. The number of thioether (sulfide) groups is 1. The molecule has 8 nitrogen and oxygen atoms in total. The smallest absolute Gasteiger partial charge is 0.289 e. The average molecular weight is 453 g/mol. The molecule has 0 radical (unpaired) electrons. The SMILES string of the molecule is Cc1nc(SCc2ccccc2)[nH]c(=O)c1CC(=O)N1CCN(C(=O)c2ccco2)CC1. The third kappa shape index (κ3) is 5.11. The fraction of sp³-hybridized carbons (Fsp3) is 0.304. The molecule has 0 spiro atoms. The van der Waals surface area contributed by atoms with Gasteiger partial charge < -0.3 is 19.2 Å². The Morgan fingerprint density at radius 3 is 2.44 bits per heavy atom. The van der Waals surface area contributed by atoms with Crippen LogP contribution < -0.4 is 5.56 Å². The van der Waals surface area contributed by atoms with Crippen LogP contribution in [0.5, 0.6) is 0 Å². The number of carbonyl (C=O) groups is 2. The summed E-state index contributed by atoms with van der Waals surface area (Å²) in [5, 5.41) is 0.539. The number of hydrogen-bond acceptors (Lipinski definition) is 6. The summed E-state index contributed by atoms with van der Waals surface area (Å²) in [5.74, 6) is 0.670. The van der Waals surface area contributed by atoms with E-state index in [0.29, 0.717) is 54.1 Å². The van der Waals surface area contributed by atoms with Crippen molar-refractivity contribution in [2.45, 2.75) is 24.3 Å². The third-order valence-corrected chi connectivity index (χ3v) is 6.34. The second kappa shape index (κ2) is 9.86. The maximum atomic E-state index is 12.8. The molecule has 2 amide bonds. The zero-order valence-corrected chi connectivity index (χ0v) is 18.6. The minimum absolute atomic E-state index is 0.00999. The summed E-state index contributed by atoms with van der Waals surface area (Å²) in [7, 11) is 0. The van der Waals surface area contributed by atoms with Crippen LogP contribution in [-0.2, 0) is 17.0 Å². The van der Waals surface area contributed by atoms with Gasteiger partial charge in [0.2, 0.25) is 5.91 Å². The van der Waals surface area contributed by atoms with Crippen molar-refractivity contribution in [1.82, 2.24) is 19.8 Å². The van der Waals surface area contributed by atoms with E-state index in [-0.39, 0.29) is 23.8 Å². The van der Waals surface area contributed by atoms with Gasteiger partial charge in [0.1, 0.15) is 0 Å². The van der Waals surface area contributed by atoms with Gasteiger partial charge in [0.05, 0.1) is 12.7 Å². The van der Waals surface area contributed by atoms with Crippen molar-refractivity contribution in [2.24, 2.45) is 0 Å². The van der Waals surface area contributed by atoms with E-state index >= 15 is 0 Å². The van der Waals surface area contributed by atoms with Crippen LogP contribution in [0.2, 0.25) is 0 Å². The van der Waals surface area contributed by atoms with Crippen LogP contribution in [0.3, 0.4) is 0 Å². The standard InChI is InChI=1S/C23H24N4O4S/c1-16-18(21(29)25-23(24-16)32-15-17-6-3-2-4-7-17)14-20(28)26-9-11-27(12-10-26)22(30)19-8-5-13-31-19/h2-8,13H,9-12,14-15H2,1H3,(H,24,25,29). The highest BCUT2D eigenvalue weighted by atomic mass is 32.2. The van der Waals surface area contributed by atoms with E-state index in [9.17, 15) is 14.4 Å². The van der Waals surface area contributed by atoms with Crippen molar-refractivity contribution in [1.29, 1.82) is 0 Å². The minimum Gasteiger partial charge on any atom is -0.459 e. The Morgan fingerprint density at radius 2 is 1.78 bits per heavy atom. The Labute approximate surface area is 189 Å². The number of nitrogens with zero attached hydrogens (tertiary/aromatic N) is 3. The number of hydrogen-bond donors (Lipinski definition) is 1. The normalized spacial score (nSPS) is 13.9. The molecular formula is C23H24N4O4S. The lowest BCUT2D eigenvalue weighted by molar-refractivity contribution is -0.132. The molecule has 166 valence electrons. The Hall–Kier alpha value is -3.33. The molecule has 4 rings (SSSR count). The lowest BCUT2D eigenvalue weighted by Crippen LogP contribution is -2.51. The Bertz CT molecular complexity index is 1140. The van der Waals surface area contributed by atoms with Gasteiger partial charge in [-0.1, -0.05) is 42.1 Å². The average Bonchev–Trinajstić information content (AvgIpc) is 3.35. The van der Waals surface area contributed by atoms with E-state index in [0.717, 1.165) is 5.56 Å². The largest absolute Gasteiger partial charge is 0.459 e. The molecular weight excluding hydrogens is 428 g/mol. The minimum atomic E-state index is -0.284. The summed E-state index contributed by atoms with van der Waals surface area (Å²) >= 11 is 1.45. The van der Waals surface area contributed by atoms with Crippen LogP contribution in [0, 0.1) is 6.92 Å². The van der Waals surface area contributed by atoms with Gasteiger partial charge in [0.15, 0.2) is 10.9 Å². The summed E-state index contributed by atoms with van der Waals surface area (Å²) in [4.78, 5) is 48.4. The maximum absolute atomic E-state index is 12.8. The van der Waals surface area contributed by atoms with E-state index in [1.165, 1.54) is 18.0 Å². The fourth-order valence-corrected chi connectivity index (χ4v) is 4.43. The van der Waals surface area contributed by atoms with Crippen LogP contribution in [0.25, 0.3) is 0 Å². The predicted molar refractivity (Wildman–Crippen MR) is 120 cm³/mol. The number of benzene rings is 1. The number of furan rings is 1. The molecule has 0 bridgehead atoms. The van der Waals surface area contributed by atoms with Gasteiger partial charge in [-0.2, -0.15) is 0 Å². The van der Waals surface area contributed by atoms with Crippen molar-refractivity contribution < 1.29 is 14.0 Å². The molecule has 9 heteroatoms. The highest BCUT2D eigenvalue weighted by Gasteiger charge is 2.27. The number of aromatic amines is 1. The highest BCUT2D eigenvalue weighted by Crippen LogP contribution is 2.19. The number of amides is 2. The molecule has 0 saturated carbocycles. The lowest BCUT2D eigenvalue weighted by Gasteiger charge is -2.34. The van der Waals surface area contributed by atoms with Gasteiger partial charge >= 0.3 is 0 Å². The molecule has 1 aliphatic heterocycles. The number of piperazine rings is 1. The number of rotatable bonds is 6. The van der Waals surface area contributed by atoms with E-state index in [1.54, 1.807) is 28.9 Å². The van der Waals surface area contributed by atoms with Gasteiger partial charge in [0.25, 0.3) is 11.5 Å². The Morgan fingerprint density at radius 1 is 1.06 bits per heavy atom. The van der Waals surface area contributed by atoms with Crippen LogP contribution >= 0.6 is 11.8 Å². The molecule has 1 fully saturated rings. The van der Waals surface area contributed by atoms with Gasteiger partial charge in [-0.05, 0) is 24.6 Å². The van der Waals surface area contributed by atoms with Crippen molar-refractivity contribution in [3.05, 3.63) is 81.7 Å². The van der Waals surface area contributed by atoms with Gasteiger partial charge in [-0.15, -0.1) is 0 Å². The zero-order valence-electron chi connectivity index (χ0n) is 17.7. The predicted octanol–water partition coefficient (Wildman–Crippen LogP) is 2.49. The van der Waals surface area contributed by atoms with E-state index in [2.05, 4.69) is 9.97 Å². The van der Waals surface area contributed by atoms with Crippen molar-refractivity contribution >= 4 is 23.6 Å². The fourth-order valence-electron chi connectivity index (χ4n) is 3.57. The van der Waals surface area contributed by atoms with E-state index in [4.69, 9.17) is 4.42 Å². The maximum Gasteiger partial charge on any atom is 0.289 e. The van der Waals surface area contributed by atoms with Crippen molar-refractivity contribution in [2.75, 3.05) is 26.2 Å². The van der Waals surface area contributed by atoms with Crippen molar-refractivity contribution in [3.8, 4) is 0 Å². The number of aromatic nitrogens is 2. The van der Waals surface area contributed by atoms with E-state index < -0.39 is 0 Å². The highest BCUT2D eigenvalue weighted by molar-refractivity contribution is 7.98. The molecule has 1 N–H and O–H groups in total. The summed E-state index contributed by atoms with van der Waals surface area (Å²) < 4.78 is 5.16. The van der Waals surface area contributed by atoms with E-state index in [1.807, 2.05) is 30.3 Å². The molecule has 1 aromatic carbocycles. The summed E-state index contributed by atoms with van der Waals surface area (Å²) in [6, 6.07) is 13.2. The molecule has 3 heterocycles. The first-order valence-electron chi connectivity index (χ1n) is 10.4. The second-order valence-corrected chi connectivity index (χ2v) is 8.50. The van der Waals surface area contributed by atoms with Gasteiger partial charge in [-0.3, -0.25) is 14.4 Å². The van der Waals surface area contributed by atoms with Gasteiger partial charge in [-0.25, -0.2) is 4.98 Å². The molecule has 2 aromatic heterocycles. The second-order valence-electron chi connectivity index (χ2n) is 7.54. The molecule has 0 unspecified atom stereocenters. The molecule has 3 aromatic rings. The van der Waals surface area contributed by atoms with Crippen LogP contribution in [-0.4, -0.2) is 57.8 Å². The Kier molecular flexibility index (Phi) is 6.75. The molecule has 32 heavy (non-hydrogen) atoms. The lowest BCUT2D eigenvalue weighted by atomic mass is 10.1. The number of carbonyl (C=O) groups excluding carboxylic acids is 2. The monoisotopic (exact) mass is 452 g/mol. The number of nitrogens with one attached hydrogen (secondary N) is 1. The van der Waals surface area contributed by atoms with Crippen molar-refractivity contribution in [3.63, 3.8) is 0 Å². The first kappa shape index (κ1) is 21.9. The number of aryl methyl sites for hydroxylation is 1. The van der Waals surface area contributed by atoms with Crippen LogP contribution in [0.1, 0.15) is 27.4 Å². The molecule has 1 saturated heterocycles. The van der Waals surface area contributed by atoms with Crippen LogP contribution in [0.4, 0.5) is 0 Å². The summed E-state index contributed by atoms with van der Waals surface area (Å²) in [5.41, 5.74) is 1.80. The summed E-state index contributed by atoms with van der Waals surface area (Å²) in [6.07, 6.45) is 1.45. The van der Waals surface area contributed by atoms with Crippen LogP contribution in [0.15, 0.2) is 63.1 Å². The first-order chi connectivity index (χ1) is 15.5. The Balaban J connectivity index is 1.34. The van der Waals surface area contributed by atoms with Gasteiger partial charge in [0, 0.05) is 43.2 Å². The topological polar surface area (TPSA) is 99.5 Å². The molecule has 0 aliphatic carbocycles. The summed E-state index contributed by atoms with van der Waals surface area (Å²) in [6.45, 7) is 3.44. The molecule has 0 atom stereocenters. The molecule has 1 aliphatic rings.